The van der Waals surface area contributed by atoms with Gasteiger partial charge < -0.3 is 5.32 Å². The van der Waals surface area contributed by atoms with Crippen LogP contribution in [-0.2, 0) is 0 Å². The van der Waals surface area contributed by atoms with Gasteiger partial charge in [-0.2, -0.15) is 4.98 Å². The summed E-state index contributed by atoms with van der Waals surface area (Å²) in [5, 5.41) is 7.85. The monoisotopic (exact) mass is 474 g/mol. The van der Waals surface area contributed by atoms with E-state index in [-0.39, 0.29) is 0 Å². The smallest absolute Gasteiger partial charge is 0.269 e. The molecule has 0 saturated carbocycles. The number of hydrazine groups is 1. The molecule has 5 rings (SSSR count). The number of carbonyl (C=O) groups is 2. The third kappa shape index (κ3) is 5.13. The quantitative estimate of drug-likeness (QED) is 0.308. The number of anilines is 2. The summed E-state index contributed by atoms with van der Waals surface area (Å²) >= 11 is 0. The highest BCUT2D eigenvalue weighted by molar-refractivity contribution is 5.99. The first kappa shape index (κ1) is 22.5. The maximum atomic E-state index is 12.4. The van der Waals surface area contributed by atoms with Crippen LogP contribution in [-0.4, -0.2) is 26.6 Å². The van der Waals surface area contributed by atoms with E-state index in [1.165, 1.54) is 0 Å². The molecule has 0 aliphatic heterocycles. The first-order chi connectivity index (χ1) is 17.7. The van der Waals surface area contributed by atoms with Crippen LogP contribution in [0.3, 0.4) is 0 Å². The van der Waals surface area contributed by atoms with Crippen LogP contribution < -0.4 is 16.2 Å². The number of para-hydroxylation sites is 1. The van der Waals surface area contributed by atoms with Gasteiger partial charge in [0.1, 0.15) is 0 Å². The van der Waals surface area contributed by atoms with Crippen molar-refractivity contribution in [3.05, 3.63) is 126 Å². The van der Waals surface area contributed by atoms with E-state index in [1.807, 2.05) is 66.7 Å². The van der Waals surface area contributed by atoms with Gasteiger partial charge in [-0.1, -0.05) is 66.7 Å². The van der Waals surface area contributed by atoms with E-state index in [0.29, 0.717) is 28.6 Å². The van der Waals surface area contributed by atoms with Gasteiger partial charge in [0.05, 0.1) is 5.69 Å². The number of rotatable bonds is 6. The lowest BCUT2D eigenvalue weighted by atomic mass is 10.2. The lowest BCUT2D eigenvalue weighted by Gasteiger charge is -2.08. The van der Waals surface area contributed by atoms with Gasteiger partial charge in [0, 0.05) is 22.4 Å². The minimum Gasteiger partial charge on any atom is -0.323 e. The normalized spacial score (nSPS) is 10.4. The molecule has 0 radical (unpaired) electrons. The van der Waals surface area contributed by atoms with E-state index < -0.39 is 11.8 Å². The molecule has 3 N–H and O–H groups in total. The summed E-state index contributed by atoms with van der Waals surface area (Å²) in [7, 11) is 0. The summed E-state index contributed by atoms with van der Waals surface area (Å²) in [6.07, 6.45) is 0. The number of nitrogens with one attached hydrogen (secondary N) is 3. The zero-order chi connectivity index (χ0) is 24.7. The molecule has 0 saturated heterocycles. The fourth-order valence-electron chi connectivity index (χ4n) is 3.57. The summed E-state index contributed by atoms with van der Waals surface area (Å²) in [6, 6.07) is 35.1. The van der Waals surface area contributed by atoms with Crippen molar-refractivity contribution in [2.75, 3.05) is 5.32 Å². The summed E-state index contributed by atoms with van der Waals surface area (Å²) < 4.78 is 1.79. The van der Waals surface area contributed by atoms with Gasteiger partial charge in [0.15, 0.2) is 5.82 Å². The summed E-state index contributed by atoms with van der Waals surface area (Å²) in [6.45, 7) is 0. The van der Waals surface area contributed by atoms with E-state index in [1.54, 1.807) is 53.2 Å². The summed E-state index contributed by atoms with van der Waals surface area (Å²) in [5.41, 5.74) is 8.22. The number of carbonyl (C=O) groups excluding carboxylic acids is 2. The molecule has 0 fully saturated rings. The predicted octanol–water partition coefficient (Wildman–Crippen LogP) is 4.75. The topological polar surface area (TPSA) is 101 Å². The SMILES string of the molecule is O=C(NNC(=O)c1ccc(Nc2nc(-c3ccccc3)n(-c3ccccc3)n2)cc1)c1ccccc1. The minimum atomic E-state index is -0.427. The molecule has 5 aromatic rings. The van der Waals surface area contributed by atoms with Crippen molar-refractivity contribution >= 4 is 23.5 Å². The number of amides is 2. The van der Waals surface area contributed by atoms with Gasteiger partial charge in [-0.15, -0.1) is 5.10 Å². The van der Waals surface area contributed by atoms with Crippen molar-refractivity contribution in [2.24, 2.45) is 0 Å². The van der Waals surface area contributed by atoms with E-state index in [2.05, 4.69) is 21.3 Å². The minimum absolute atomic E-state index is 0.390. The molecule has 176 valence electrons. The molecule has 1 heterocycles. The molecule has 4 aromatic carbocycles. The molecular formula is C28H22N6O2. The fourth-order valence-corrected chi connectivity index (χ4v) is 3.57. The average Bonchev–Trinajstić information content (AvgIpc) is 3.37. The van der Waals surface area contributed by atoms with Gasteiger partial charge in [-0.3, -0.25) is 20.4 Å². The van der Waals surface area contributed by atoms with Crippen LogP contribution in [0.4, 0.5) is 11.6 Å². The highest BCUT2D eigenvalue weighted by Gasteiger charge is 2.14. The first-order valence-electron chi connectivity index (χ1n) is 11.3. The molecule has 0 unspecified atom stereocenters. The Morgan fingerprint density at radius 2 is 1.14 bits per heavy atom. The zero-order valence-electron chi connectivity index (χ0n) is 19.1. The number of hydrogen-bond donors (Lipinski definition) is 3. The first-order valence-corrected chi connectivity index (χ1v) is 11.3. The van der Waals surface area contributed by atoms with E-state index >= 15 is 0 Å². The molecule has 0 aliphatic carbocycles. The number of benzene rings is 4. The van der Waals surface area contributed by atoms with Crippen LogP contribution in [0.25, 0.3) is 17.1 Å². The van der Waals surface area contributed by atoms with Gasteiger partial charge in [-0.25, -0.2) is 4.68 Å². The summed E-state index contributed by atoms with van der Waals surface area (Å²) in [4.78, 5) is 29.3. The second-order valence-corrected chi connectivity index (χ2v) is 7.85. The number of aromatic nitrogens is 3. The molecule has 2 amide bonds. The van der Waals surface area contributed by atoms with E-state index in [4.69, 9.17) is 4.98 Å². The van der Waals surface area contributed by atoms with Crippen LogP contribution in [0.2, 0.25) is 0 Å². The third-order valence-electron chi connectivity index (χ3n) is 5.37. The van der Waals surface area contributed by atoms with Crippen molar-refractivity contribution in [1.29, 1.82) is 0 Å². The second kappa shape index (κ2) is 10.4. The second-order valence-electron chi connectivity index (χ2n) is 7.85. The molecule has 36 heavy (non-hydrogen) atoms. The average molecular weight is 475 g/mol. The Morgan fingerprint density at radius 3 is 1.75 bits per heavy atom. The van der Waals surface area contributed by atoms with Crippen molar-refractivity contribution in [1.82, 2.24) is 25.6 Å². The maximum Gasteiger partial charge on any atom is 0.269 e. The lowest BCUT2D eigenvalue weighted by molar-refractivity contribution is 0.0846. The Morgan fingerprint density at radius 1 is 0.611 bits per heavy atom. The Bertz CT molecular complexity index is 1410. The van der Waals surface area contributed by atoms with E-state index in [0.717, 1.165) is 11.3 Å². The number of hydrogen-bond acceptors (Lipinski definition) is 5. The Kier molecular flexibility index (Phi) is 6.48. The van der Waals surface area contributed by atoms with Crippen LogP contribution in [0.1, 0.15) is 20.7 Å². The van der Waals surface area contributed by atoms with Gasteiger partial charge >= 0.3 is 0 Å². The van der Waals surface area contributed by atoms with Gasteiger partial charge in [0.25, 0.3) is 11.8 Å². The Labute approximate surface area is 207 Å². The van der Waals surface area contributed by atoms with Crippen molar-refractivity contribution in [2.45, 2.75) is 0 Å². The fraction of sp³-hybridized carbons (Fsp3) is 0. The van der Waals surface area contributed by atoms with Crippen molar-refractivity contribution in [3.63, 3.8) is 0 Å². The van der Waals surface area contributed by atoms with Crippen molar-refractivity contribution < 1.29 is 9.59 Å². The molecule has 0 aliphatic rings. The molecule has 8 nitrogen and oxygen atoms in total. The van der Waals surface area contributed by atoms with Crippen LogP contribution in [0.15, 0.2) is 115 Å². The zero-order valence-corrected chi connectivity index (χ0v) is 19.1. The lowest BCUT2D eigenvalue weighted by Crippen LogP contribution is -2.41. The molecule has 1 aromatic heterocycles. The van der Waals surface area contributed by atoms with Crippen LogP contribution >= 0.6 is 0 Å². The van der Waals surface area contributed by atoms with Crippen molar-refractivity contribution in [3.8, 4) is 17.1 Å². The van der Waals surface area contributed by atoms with Gasteiger partial charge in [-0.05, 0) is 48.5 Å². The van der Waals surface area contributed by atoms with Crippen LogP contribution in [0.5, 0.6) is 0 Å². The molecule has 8 heteroatoms. The highest BCUT2D eigenvalue weighted by Crippen LogP contribution is 2.24. The van der Waals surface area contributed by atoms with E-state index in [9.17, 15) is 9.59 Å². The molecule has 0 spiro atoms. The maximum absolute atomic E-state index is 12.4. The standard InChI is InChI=1S/C28H22N6O2/c35-26(21-12-6-2-7-13-21)31-32-27(36)22-16-18-23(19-17-22)29-28-30-25(20-10-4-1-5-11-20)34(33-28)24-14-8-3-9-15-24/h1-19H,(H,29,33)(H,31,35)(H,32,36). The number of nitrogens with zero attached hydrogens (tertiary/aromatic N) is 3. The molecule has 0 atom stereocenters. The third-order valence-corrected chi connectivity index (χ3v) is 5.37. The Balaban J connectivity index is 1.29. The van der Waals surface area contributed by atoms with Crippen LogP contribution in [0, 0.1) is 0 Å². The predicted molar refractivity (Wildman–Crippen MR) is 138 cm³/mol. The molecule has 0 bridgehead atoms. The highest BCUT2D eigenvalue weighted by atomic mass is 16.2. The summed E-state index contributed by atoms with van der Waals surface area (Å²) in [5.74, 6) is 0.305. The van der Waals surface area contributed by atoms with Gasteiger partial charge in [0.2, 0.25) is 5.95 Å². The largest absolute Gasteiger partial charge is 0.323 e. The molecular weight excluding hydrogens is 452 g/mol. The Hall–Kier alpha value is -5.24.